The second kappa shape index (κ2) is 5.93. The number of alkyl halides is 1. The van der Waals surface area contributed by atoms with Crippen LogP contribution in [-0.2, 0) is 4.74 Å². The molecule has 0 amide bonds. The maximum atomic E-state index is 5.89. The highest BCUT2D eigenvalue weighted by Crippen LogP contribution is 2.45. The van der Waals surface area contributed by atoms with Crippen LogP contribution >= 0.6 is 31.9 Å². The first kappa shape index (κ1) is 14.4. The Balaban J connectivity index is 2.22. The molecular weight excluding hydrogens is 360 g/mol. The van der Waals surface area contributed by atoms with Crippen molar-refractivity contribution in [2.45, 2.75) is 37.1 Å². The van der Waals surface area contributed by atoms with Gasteiger partial charge in [-0.1, -0.05) is 37.9 Å². The second-order valence-corrected chi connectivity index (χ2v) is 6.51. The molecule has 1 aromatic carbocycles. The summed E-state index contributed by atoms with van der Waals surface area (Å²) in [6.07, 6.45) is 2.22. The van der Waals surface area contributed by atoms with E-state index in [1.165, 1.54) is 5.56 Å². The third kappa shape index (κ3) is 2.91. The third-order valence-electron chi connectivity index (χ3n) is 3.34. The SMILES string of the molecule is CCOc1ccc(C(Br)C2(C)CCCO2)c(Br)c1. The van der Waals surface area contributed by atoms with E-state index < -0.39 is 0 Å². The normalized spacial score (nSPS) is 25.1. The number of benzene rings is 1. The predicted molar refractivity (Wildman–Crippen MR) is 80.6 cm³/mol. The summed E-state index contributed by atoms with van der Waals surface area (Å²) in [4.78, 5) is 0.192. The van der Waals surface area contributed by atoms with Crippen molar-refractivity contribution in [3.63, 3.8) is 0 Å². The van der Waals surface area contributed by atoms with Crippen LogP contribution in [0, 0.1) is 0 Å². The highest BCUT2D eigenvalue weighted by molar-refractivity contribution is 9.11. The molecule has 2 atom stereocenters. The first-order chi connectivity index (χ1) is 8.57. The number of hydrogen-bond acceptors (Lipinski definition) is 2. The summed E-state index contributed by atoms with van der Waals surface area (Å²) < 4.78 is 12.4. The summed E-state index contributed by atoms with van der Waals surface area (Å²) >= 11 is 7.41. The fourth-order valence-electron chi connectivity index (χ4n) is 2.30. The van der Waals surface area contributed by atoms with Gasteiger partial charge in [0.2, 0.25) is 0 Å². The van der Waals surface area contributed by atoms with Crippen LogP contribution in [0.5, 0.6) is 5.75 Å². The van der Waals surface area contributed by atoms with Crippen LogP contribution in [0.4, 0.5) is 0 Å². The lowest BCUT2D eigenvalue weighted by molar-refractivity contribution is 0.0196. The lowest BCUT2D eigenvalue weighted by Gasteiger charge is -2.30. The van der Waals surface area contributed by atoms with Crippen LogP contribution < -0.4 is 4.74 Å². The van der Waals surface area contributed by atoms with Crippen molar-refractivity contribution < 1.29 is 9.47 Å². The summed E-state index contributed by atoms with van der Waals surface area (Å²) in [5, 5.41) is 0. The molecule has 1 saturated heterocycles. The molecule has 1 aliphatic heterocycles. The molecule has 1 aliphatic rings. The standard InChI is InChI=1S/C14H18Br2O2/c1-3-17-10-5-6-11(12(15)9-10)13(16)14(2)7-4-8-18-14/h5-6,9,13H,3-4,7-8H2,1-2H3. The van der Waals surface area contributed by atoms with Crippen molar-refractivity contribution in [1.82, 2.24) is 0 Å². The molecule has 18 heavy (non-hydrogen) atoms. The van der Waals surface area contributed by atoms with E-state index in [1.807, 2.05) is 19.1 Å². The highest BCUT2D eigenvalue weighted by Gasteiger charge is 2.38. The predicted octanol–water partition coefficient (Wildman–Crippen LogP) is 4.85. The van der Waals surface area contributed by atoms with Crippen molar-refractivity contribution >= 4 is 31.9 Å². The smallest absolute Gasteiger partial charge is 0.120 e. The van der Waals surface area contributed by atoms with Crippen LogP contribution in [-0.4, -0.2) is 18.8 Å². The minimum Gasteiger partial charge on any atom is -0.494 e. The summed E-state index contributed by atoms with van der Waals surface area (Å²) in [6.45, 7) is 5.70. The topological polar surface area (TPSA) is 18.5 Å². The zero-order chi connectivity index (χ0) is 13.2. The zero-order valence-electron chi connectivity index (χ0n) is 10.7. The van der Waals surface area contributed by atoms with Crippen LogP contribution in [0.15, 0.2) is 22.7 Å². The lowest BCUT2D eigenvalue weighted by Crippen LogP contribution is -2.28. The van der Waals surface area contributed by atoms with Crippen molar-refractivity contribution in [3.8, 4) is 5.75 Å². The van der Waals surface area contributed by atoms with Crippen molar-refractivity contribution in [1.29, 1.82) is 0 Å². The van der Waals surface area contributed by atoms with Gasteiger partial charge in [0.05, 0.1) is 17.0 Å². The monoisotopic (exact) mass is 376 g/mol. The molecule has 0 aliphatic carbocycles. The quantitative estimate of drug-likeness (QED) is 0.698. The number of hydrogen-bond donors (Lipinski definition) is 0. The van der Waals surface area contributed by atoms with E-state index in [0.29, 0.717) is 6.61 Å². The average molecular weight is 378 g/mol. The lowest BCUT2D eigenvalue weighted by atomic mass is 9.93. The van der Waals surface area contributed by atoms with Crippen molar-refractivity contribution in [2.75, 3.05) is 13.2 Å². The van der Waals surface area contributed by atoms with Gasteiger partial charge in [-0.2, -0.15) is 0 Å². The Morgan fingerprint density at radius 2 is 2.28 bits per heavy atom. The Morgan fingerprint density at radius 3 is 2.83 bits per heavy atom. The van der Waals surface area contributed by atoms with Gasteiger partial charge in [-0.05, 0) is 44.4 Å². The number of halogens is 2. The zero-order valence-corrected chi connectivity index (χ0v) is 13.9. The first-order valence-corrected chi connectivity index (χ1v) is 7.98. The van der Waals surface area contributed by atoms with Gasteiger partial charge in [-0.25, -0.2) is 0 Å². The molecule has 4 heteroatoms. The highest BCUT2D eigenvalue weighted by atomic mass is 79.9. The molecule has 0 aromatic heterocycles. The van der Waals surface area contributed by atoms with Crippen LogP contribution in [0.2, 0.25) is 0 Å². The molecule has 100 valence electrons. The largest absolute Gasteiger partial charge is 0.494 e. The van der Waals surface area contributed by atoms with E-state index in [1.54, 1.807) is 0 Å². The van der Waals surface area contributed by atoms with Gasteiger partial charge in [0.1, 0.15) is 5.75 Å². The van der Waals surface area contributed by atoms with Crippen molar-refractivity contribution in [2.24, 2.45) is 0 Å². The van der Waals surface area contributed by atoms with Crippen molar-refractivity contribution in [3.05, 3.63) is 28.2 Å². The van der Waals surface area contributed by atoms with E-state index in [9.17, 15) is 0 Å². The number of ether oxygens (including phenoxy) is 2. The van der Waals surface area contributed by atoms with Gasteiger partial charge >= 0.3 is 0 Å². The van der Waals surface area contributed by atoms with Gasteiger partial charge in [-0.3, -0.25) is 0 Å². The summed E-state index contributed by atoms with van der Waals surface area (Å²) in [7, 11) is 0. The molecule has 0 radical (unpaired) electrons. The van der Waals surface area contributed by atoms with Gasteiger partial charge < -0.3 is 9.47 Å². The van der Waals surface area contributed by atoms with E-state index in [4.69, 9.17) is 9.47 Å². The molecule has 1 heterocycles. The molecule has 0 N–H and O–H groups in total. The summed E-state index contributed by atoms with van der Waals surface area (Å²) in [5.74, 6) is 0.894. The van der Waals surface area contributed by atoms with Gasteiger partial charge in [0, 0.05) is 11.1 Å². The number of rotatable bonds is 4. The second-order valence-electron chi connectivity index (χ2n) is 4.74. The molecule has 1 fully saturated rings. The molecule has 2 nitrogen and oxygen atoms in total. The van der Waals surface area contributed by atoms with Crippen LogP contribution in [0.1, 0.15) is 37.1 Å². The Bertz CT molecular complexity index is 414. The fourth-order valence-corrected chi connectivity index (χ4v) is 3.95. The first-order valence-electron chi connectivity index (χ1n) is 6.27. The van der Waals surface area contributed by atoms with Gasteiger partial charge in [-0.15, -0.1) is 0 Å². The van der Waals surface area contributed by atoms with E-state index in [0.717, 1.165) is 29.7 Å². The molecule has 0 bridgehead atoms. The minimum atomic E-state index is -0.115. The Kier molecular flexibility index (Phi) is 4.73. The fraction of sp³-hybridized carbons (Fsp3) is 0.571. The summed E-state index contributed by atoms with van der Waals surface area (Å²) in [5.41, 5.74) is 1.10. The molecule has 2 unspecified atom stereocenters. The average Bonchev–Trinajstić information content (AvgIpc) is 2.77. The molecule has 1 aromatic rings. The van der Waals surface area contributed by atoms with Crippen LogP contribution in [0.25, 0.3) is 0 Å². The van der Waals surface area contributed by atoms with E-state index >= 15 is 0 Å². The third-order valence-corrected chi connectivity index (χ3v) is 5.49. The van der Waals surface area contributed by atoms with Gasteiger partial charge in [0.25, 0.3) is 0 Å². The molecule has 0 saturated carbocycles. The maximum absolute atomic E-state index is 5.89. The molecule has 0 spiro atoms. The maximum Gasteiger partial charge on any atom is 0.120 e. The van der Waals surface area contributed by atoms with Gasteiger partial charge in [0.15, 0.2) is 0 Å². The minimum absolute atomic E-state index is 0.115. The summed E-state index contributed by atoms with van der Waals surface area (Å²) in [6, 6.07) is 6.13. The van der Waals surface area contributed by atoms with E-state index in [-0.39, 0.29) is 10.4 Å². The van der Waals surface area contributed by atoms with E-state index in [2.05, 4.69) is 44.8 Å². The van der Waals surface area contributed by atoms with Crippen LogP contribution in [0.3, 0.4) is 0 Å². The Hall–Kier alpha value is -0.0600. The molecule has 2 rings (SSSR count). The Labute approximate surface area is 125 Å². The molecular formula is C14H18Br2O2. The Morgan fingerprint density at radius 1 is 1.50 bits per heavy atom.